The molecule has 0 radical (unpaired) electrons. The highest BCUT2D eigenvalue weighted by Gasteiger charge is 2.34. The number of amides is 1. The third kappa shape index (κ3) is 3.95. The number of benzene rings is 1. The Morgan fingerprint density at radius 1 is 1.22 bits per heavy atom. The lowest BCUT2D eigenvalue weighted by Crippen LogP contribution is -2.40. The lowest BCUT2D eigenvalue weighted by Gasteiger charge is -2.31. The number of piperidine rings is 1. The van der Waals surface area contributed by atoms with Crippen molar-refractivity contribution in [1.82, 2.24) is 4.90 Å². The lowest BCUT2D eigenvalue weighted by molar-refractivity contribution is -0.149. The number of sulfonamides is 1. The van der Waals surface area contributed by atoms with Crippen molar-refractivity contribution in [2.45, 2.75) is 39.2 Å². The van der Waals surface area contributed by atoms with Crippen LogP contribution in [0.15, 0.2) is 18.2 Å². The molecule has 148 valence electrons. The maximum absolute atomic E-state index is 12.8. The Hall–Kier alpha value is -2.09. The van der Waals surface area contributed by atoms with E-state index in [2.05, 4.69) is 0 Å². The van der Waals surface area contributed by atoms with Crippen molar-refractivity contribution in [3.63, 3.8) is 0 Å². The summed E-state index contributed by atoms with van der Waals surface area (Å²) < 4.78 is 30.5. The molecule has 2 aliphatic heterocycles. The van der Waals surface area contributed by atoms with Crippen molar-refractivity contribution in [2.75, 3.05) is 30.3 Å². The van der Waals surface area contributed by atoms with Crippen molar-refractivity contribution in [2.24, 2.45) is 5.92 Å². The molecule has 1 saturated heterocycles. The highest BCUT2D eigenvalue weighted by atomic mass is 32.2. The number of hydrogen-bond acceptors (Lipinski definition) is 5. The lowest BCUT2D eigenvalue weighted by atomic mass is 9.96. The predicted octanol–water partition coefficient (Wildman–Crippen LogP) is 1.81. The molecule has 27 heavy (non-hydrogen) atoms. The second-order valence-electron chi connectivity index (χ2n) is 7.27. The maximum Gasteiger partial charge on any atom is 0.309 e. The molecule has 1 atom stereocenters. The molecule has 1 aromatic carbocycles. The quantitative estimate of drug-likeness (QED) is 0.728. The Bertz CT molecular complexity index is 844. The molecule has 3 rings (SSSR count). The highest BCUT2D eigenvalue weighted by Crippen LogP contribution is 2.35. The van der Waals surface area contributed by atoms with Crippen LogP contribution in [-0.4, -0.2) is 57.2 Å². The third-order valence-electron chi connectivity index (χ3n) is 5.24. The molecular weight excluding hydrogens is 368 g/mol. The Kier molecular flexibility index (Phi) is 5.46. The molecule has 1 amide bonds. The van der Waals surface area contributed by atoms with Crippen LogP contribution in [0.4, 0.5) is 5.69 Å². The van der Waals surface area contributed by atoms with Crippen LogP contribution in [0.25, 0.3) is 0 Å². The van der Waals surface area contributed by atoms with Gasteiger partial charge in [-0.15, -0.1) is 0 Å². The van der Waals surface area contributed by atoms with Gasteiger partial charge in [0.25, 0.3) is 5.91 Å². The van der Waals surface area contributed by atoms with Crippen LogP contribution in [0.5, 0.6) is 0 Å². The molecule has 0 aromatic heterocycles. The molecule has 0 aliphatic carbocycles. The summed E-state index contributed by atoms with van der Waals surface area (Å²) in [7, 11) is -3.34. The second kappa shape index (κ2) is 7.50. The molecule has 0 N–H and O–H groups in total. The van der Waals surface area contributed by atoms with Gasteiger partial charge in [-0.1, -0.05) is 0 Å². The largest absolute Gasteiger partial charge is 0.466 e. The number of rotatable bonds is 4. The molecule has 0 spiro atoms. The fourth-order valence-corrected chi connectivity index (χ4v) is 5.27. The summed E-state index contributed by atoms with van der Waals surface area (Å²) in [6.45, 7) is 5.06. The summed E-state index contributed by atoms with van der Waals surface area (Å²) in [5.74, 6) is -0.402. The molecule has 1 fully saturated rings. The van der Waals surface area contributed by atoms with E-state index >= 15 is 0 Å². The topological polar surface area (TPSA) is 84.0 Å². The van der Waals surface area contributed by atoms with Crippen LogP contribution in [-0.2, 0) is 26.0 Å². The maximum atomic E-state index is 12.8. The van der Waals surface area contributed by atoms with Gasteiger partial charge in [0, 0.05) is 24.7 Å². The van der Waals surface area contributed by atoms with Crippen LogP contribution in [0.3, 0.4) is 0 Å². The number of anilines is 1. The van der Waals surface area contributed by atoms with E-state index in [0.29, 0.717) is 50.2 Å². The minimum atomic E-state index is -3.34. The van der Waals surface area contributed by atoms with E-state index in [-0.39, 0.29) is 23.8 Å². The first-order valence-corrected chi connectivity index (χ1v) is 11.2. The molecule has 0 unspecified atom stereocenters. The third-order valence-corrected chi connectivity index (χ3v) is 6.51. The Morgan fingerprint density at radius 2 is 1.89 bits per heavy atom. The molecule has 2 aliphatic rings. The number of esters is 1. The molecule has 7 nitrogen and oxygen atoms in total. The van der Waals surface area contributed by atoms with E-state index in [4.69, 9.17) is 4.74 Å². The van der Waals surface area contributed by atoms with E-state index in [9.17, 15) is 18.0 Å². The normalized spacial score (nSPS) is 20.5. The fourth-order valence-electron chi connectivity index (χ4n) is 4.00. The molecule has 2 heterocycles. The first-order chi connectivity index (χ1) is 12.7. The average molecular weight is 394 g/mol. The number of carbonyl (C=O) groups is 2. The first kappa shape index (κ1) is 19.7. The van der Waals surface area contributed by atoms with Gasteiger partial charge in [0.1, 0.15) is 0 Å². The zero-order valence-electron chi connectivity index (χ0n) is 16.0. The summed E-state index contributed by atoms with van der Waals surface area (Å²) in [5, 5.41) is 0. The minimum Gasteiger partial charge on any atom is -0.466 e. The summed E-state index contributed by atoms with van der Waals surface area (Å²) in [5.41, 5.74) is 2.09. The first-order valence-electron chi connectivity index (χ1n) is 9.30. The summed E-state index contributed by atoms with van der Waals surface area (Å²) in [4.78, 5) is 26.4. The van der Waals surface area contributed by atoms with Gasteiger partial charge in [0.05, 0.1) is 24.5 Å². The average Bonchev–Trinajstić information content (AvgIpc) is 2.96. The van der Waals surface area contributed by atoms with Gasteiger partial charge in [0.2, 0.25) is 10.0 Å². The minimum absolute atomic E-state index is 0.0782. The van der Waals surface area contributed by atoms with Crippen LogP contribution in [0.2, 0.25) is 0 Å². The summed E-state index contributed by atoms with van der Waals surface area (Å²) in [6, 6.07) is 5.06. The van der Waals surface area contributed by atoms with Crippen LogP contribution >= 0.6 is 0 Å². The molecule has 1 aromatic rings. The molecule has 8 heteroatoms. The molecule has 0 saturated carbocycles. The second-order valence-corrected chi connectivity index (χ2v) is 9.13. The number of nitrogens with zero attached hydrogens (tertiary/aromatic N) is 2. The van der Waals surface area contributed by atoms with Crippen molar-refractivity contribution in [3.05, 3.63) is 29.3 Å². The van der Waals surface area contributed by atoms with Crippen molar-refractivity contribution >= 4 is 27.6 Å². The number of likely N-dealkylation sites (tertiary alicyclic amines) is 1. The van der Waals surface area contributed by atoms with Gasteiger partial charge in [-0.25, -0.2) is 8.42 Å². The van der Waals surface area contributed by atoms with Crippen molar-refractivity contribution in [1.29, 1.82) is 0 Å². The number of hydrogen-bond donors (Lipinski definition) is 0. The zero-order valence-corrected chi connectivity index (χ0v) is 16.8. The van der Waals surface area contributed by atoms with Gasteiger partial charge in [-0.2, -0.15) is 0 Å². The van der Waals surface area contributed by atoms with Crippen molar-refractivity contribution in [3.8, 4) is 0 Å². The fraction of sp³-hybridized carbons (Fsp3) is 0.579. The van der Waals surface area contributed by atoms with Crippen LogP contribution in [0.1, 0.15) is 42.6 Å². The summed E-state index contributed by atoms with van der Waals surface area (Å²) in [6.07, 6.45) is 3.00. The van der Waals surface area contributed by atoms with Crippen molar-refractivity contribution < 1.29 is 22.7 Å². The van der Waals surface area contributed by atoms with Crippen LogP contribution < -0.4 is 4.31 Å². The Balaban J connectivity index is 1.71. The van der Waals surface area contributed by atoms with E-state index in [1.807, 2.05) is 6.92 Å². The Morgan fingerprint density at radius 3 is 2.48 bits per heavy atom. The SMILES string of the molecule is CCOC(=O)C1CCN(C(=O)c2ccc3c(c2)C[C@@H](C)N3S(C)(=O)=O)CC1. The molecule has 0 bridgehead atoms. The van der Waals surface area contributed by atoms with E-state index in [1.54, 1.807) is 30.0 Å². The Labute approximate surface area is 160 Å². The number of fused-ring (bicyclic) bond motifs is 1. The predicted molar refractivity (Wildman–Crippen MR) is 102 cm³/mol. The van der Waals surface area contributed by atoms with Gasteiger partial charge in [0.15, 0.2) is 0 Å². The van der Waals surface area contributed by atoms with Gasteiger partial charge in [-0.05, 0) is 56.9 Å². The molecular formula is C19H26N2O5S. The summed E-state index contributed by atoms with van der Waals surface area (Å²) >= 11 is 0. The monoisotopic (exact) mass is 394 g/mol. The van der Waals surface area contributed by atoms with E-state index in [0.717, 1.165) is 5.56 Å². The number of ether oxygens (including phenoxy) is 1. The van der Waals surface area contributed by atoms with Gasteiger partial charge >= 0.3 is 5.97 Å². The highest BCUT2D eigenvalue weighted by molar-refractivity contribution is 7.92. The van der Waals surface area contributed by atoms with E-state index in [1.165, 1.54) is 10.6 Å². The van der Waals surface area contributed by atoms with E-state index < -0.39 is 10.0 Å². The smallest absolute Gasteiger partial charge is 0.309 e. The number of carbonyl (C=O) groups excluding carboxylic acids is 2. The van der Waals surface area contributed by atoms with Gasteiger partial charge in [-0.3, -0.25) is 13.9 Å². The standard InChI is InChI=1S/C19H26N2O5S/c1-4-26-19(23)14-7-9-20(10-8-14)18(22)15-5-6-17-16(12-15)11-13(2)21(17)27(3,24)25/h5-6,12-14H,4,7-11H2,1-3H3/t13-/m1/s1. The zero-order chi connectivity index (χ0) is 19.8. The van der Waals surface area contributed by atoms with Crippen LogP contribution in [0, 0.1) is 5.92 Å². The van der Waals surface area contributed by atoms with Gasteiger partial charge < -0.3 is 9.64 Å².